The number of hydrogen-bond acceptors (Lipinski definition) is 6. The molecule has 0 saturated carbocycles. The Morgan fingerprint density at radius 1 is 1.21 bits per heavy atom. The van der Waals surface area contributed by atoms with Gasteiger partial charge in [0.15, 0.2) is 5.82 Å². The summed E-state index contributed by atoms with van der Waals surface area (Å²) in [6, 6.07) is 3.46. The van der Waals surface area contributed by atoms with E-state index < -0.39 is 6.43 Å². The molecule has 152 valence electrons. The molecule has 4 heterocycles. The molecule has 1 fully saturated rings. The van der Waals surface area contributed by atoms with Gasteiger partial charge in [0.2, 0.25) is 0 Å². The van der Waals surface area contributed by atoms with Crippen molar-refractivity contribution in [2.24, 2.45) is 0 Å². The van der Waals surface area contributed by atoms with Gasteiger partial charge in [0.1, 0.15) is 11.8 Å². The molecule has 2 aliphatic rings. The summed E-state index contributed by atoms with van der Waals surface area (Å²) in [6.45, 7) is 4.96. The van der Waals surface area contributed by atoms with Gasteiger partial charge in [-0.25, -0.2) is 8.78 Å². The molecule has 1 unspecified atom stereocenters. The van der Waals surface area contributed by atoms with Gasteiger partial charge in [0.25, 0.3) is 6.43 Å². The highest BCUT2D eigenvalue weighted by molar-refractivity contribution is 5.68. The fraction of sp³-hybridized carbons (Fsp3) is 0.524. The fourth-order valence-corrected chi connectivity index (χ4v) is 4.49. The van der Waals surface area contributed by atoms with Crippen LogP contribution in [0, 0.1) is 18.3 Å². The Balaban J connectivity index is 1.75. The maximum atomic E-state index is 13.6. The van der Waals surface area contributed by atoms with Crippen LogP contribution in [-0.4, -0.2) is 52.8 Å². The lowest BCUT2D eigenvalue weighted by atomic mass is 9.95. The van der Waals surface area contributed by atoms with Gasteiger partial charge in [-0.1, -0.05) is 0 Å². The Kier molecular flexibility index (Phi) is 5.41. The highest BCUT2D eigenvalue weighted by Crippen LogP contribution is 2.36. The van der Waals surface area contributed by atoms with Gasteiger partial charge >= 0.3 is 0 Å². The molecule has 1 saturated heterocycles. The van der Waals surface area contributed by atoms with Crippen molar-refractivity contribution in [3.63, 3.8) is 0 Å². The zero-order valence-corrected chi connectivity index (χ0v) is 16.7. The molecule has 0 aromatic carbocycles. The molecule has 1 atom stereocenters. The normalized spacial score (nSPS) is 19.9. The quantitative estimate of drug-likeness (QED) is 0.788. The number of likely N-dealkylation sites (N-methyl/N-ethyl adjacent to an activating group) is 1. The highest BCUT2D eigenvalue weighted by atomic mass is 19.3. The van der Waals surface area contributed by atoms with E-state index in [4.69, 9.17) is 5.26 Å². The zero-order chi connectivity index (χ0) is 20.5. The van der Waals surface area contributed by atoms with Gasteiger partial charge in [0.05, 0.1) is 11.3 Å². The molecule has 2 aromatic heterocycles. The number of hydrogen-bond donors (Lipinski definition) is 0. The second-order valence-corrected chi connectivity index (χ2v) is 7.91. The van der Waals surface area contributed by atoms with Crippen LogP contribution in [0.25, 0.3) is 11.4 Å². The summed E-state index contributed by atoms with van der Waals surface area (Å²) in [7, 11) is 2.14. The van der Waals surface area contributed by atoms with Crippen LogP contribution in [0.2, 0.25) is 0 Å². The van der Waals surface area contributed by atoms with E-state index in [1.165, 1.54) is 12.3 Å². The number of rotatable bonds is 3. The number of piperidine rings is 1. The van der Waals surface area contributed by atoms with Gasteiger partial charge in [-0.2, -0.15) is 5.26 Å². The van der Waals surface area contributed by atoms with Crippen LogP contribution in [0.1, 0.15) is 47.9 Å². The standard InChI is InChI=1S/C21H24F2N6/c1-13-16-6-4-8-29(15-5-3-7-28(2)12-15)21(16)27-26-18(13)19-17(20(22)23)9-14(10-24)11-25-19/h9,11,15,20H,3-8,12H2,1-2H3. The number of pyridine rings is 1. The first-order chi connectivity index (χ1) is 14.0. The van der Waals surface area contributed by atoms with E-state index in [1.54, 1.807) is 0 Å². The molecule has 0 spiro atoms. The summed E-state index contributed by atoms with van der Waals surface area (Å²) in [4.78, 5) is 8.83. The van der Waals surface area contributed by atoms with Gasteiger partial charge in [-0.3, -0.25) is 4.98 Å². The molecule has 0 radical (unpaired) electrons. The third-order valence-electron chi connectivity index (χ3n) is 5.97. The molecule has 2 aromatic rings. The minimum Gasteiger partial charge on any atom is -0.351 e. The summed E-state index contributed by atoms with van der Waals surface area (Å²) in [6.07, 6.45) is 2.71. The largest absolute Gasteiger partial charge is 0.351 e. The van der Waals surface area contributed by atoms with Gasteiger partial charge in [0, 0.05) is 36.5 Å². The van der Waals surface area contributed by atoms with Crippen molar-refractivity contribution in [3.8, 4) is 17.5 Å². The molecule has 8 heteroatoms. The van der Waals surface area contributed by atoms with Crippen LogP contribution >= 0.6 is 0 Å². The van der Waals surface area contributed by atoms with Gasteiger partial charge in [-0.05, 0) is 57.8 Å². The SMILES string of the molecule is Cc1c(-c2ncc(C#N)cc2C(F)F)nnc2c1CCCN2C1CCCN(C)C1. The fourth-order valence-electron chi connectivity index (χ4n) is 4.49. The van der Waals surface area contributed by atoms with Crippen molar-refractivity contribution in [1.29, 1.82) is 5.26 Å². The second kappa shape index (κ2) is 7.99. The summed E-state index contributed by atoms with van der Waals surface area (Å²) >= 11 is 0. The van der Waals surface area contributed by atoms with E-state index in [9.17, 15) is 8.78 Å². The Bertz CT molecular complexity index is 955. The lowest BCUT2D eigenvalue weighted by Gasteiger charge is -2.41. The van der Waals surface area contributed by atoms with Crippen LogP contribution in [0.5, 0.6) is 0 Å². The number of nitrogens with zero attached hydrogens (tertiary/aromatic N) is 6. The number of fused-ring (bicyclic) bond motifs is 1. The van der Waals surface area contributed by atoms with Crippen LogP contribution in [0.15, 0.2) is 12.3 Å². The summed E-state index contributed by atoms with van der Waals surface area (Å²) in [5.74, 6) is 0.880. The number of halogens is 2. The van der Waals surface area contributed by atoms with E-state index in [-0.39, 0.29) is 16.8 Å². The third kappa shape index (κ3) is 3.67. The van der Waals surface area contributed by atoms with Crippen LogP contribution in [0.3, 0.4) is 0 Å². The zero-order valence-electron chi connectivity index (χ0n) is 16.7. The lowest BCUT2D eigenvalue weighted by Crippen LogP contribution is -2.49. The van der Waals surface area contributed by atoms with Gasteiger partial charge in [-0.15, -0.1) is 10.2 Å². The second-order valence-electron chi connectivity index (χ2n) is 7.91. The van der Waals surface area contributed by atoms with E-state index in [1.807, 2.05) is 13.0 Å². The Labute approximate surface area is 169 Å². The maximum Gasteiger partial charge on any atom is 0.266 e. The molecule has 6 nitrogen and oxygen atoms in total. The van der Waals surface area contributed by atoms with E-state index in [0.717, 1.165) is 62.3 Å². The molecule has 2 aliphatic heterocycles. The average Bonchev–Trinajstić information content (AvgIpc) is 2.73. The predicted molar refractivity (Wildman–Crippen MR) is 106 cm³/mol. The first kappa shape index (κ1) is 19.6. The smallest absolute Gasteiger partial charge is 0.266 e. The van der Waals surface area contributed by atoms with Crippen LogP contribution < -0.4 is 4.90 Å². The van der Waals surface area contributed by atoms with E-state index >= 15 is 0 Å². The van der Waals surface area contributed by atoms with Gasteiger partial charge < -0.3 is 9.80 Å². The minimum absolute atomic E-state index is 0.111. The van der Waals surface area contributed by atoms with Crippen LogP contribution in [0.4, 0.5) is 14.6 Å². The molecular formula is C21H24F2N6. The van der Waals surface area contributed by atoms with E-state index in [0.29, 0.717) is 11.7 Å². The van der Waals surface area contributed by atoms with Crippen molar-refractivity contribution in [2.45, 2.75) is 45.1 Å². The van der Waals surface area contributed by atoms with Crippen molar-refractivity contribution >= 4 is 5.82 Å². The monoisotopic (exact) mass is 398 g/mol. The molecule has 0 aliphatic carbocycles. The maximum absolute atomic E-state index is 13.6. The molecule has 0 bridgehead atoms. The molecule has 29 heavy (non-hydrogen) atoms. The highest BCUT2D eigenvalue weighted by Gasteiger charge is 2.31. The topological polar surface area (TPSA) is 68.9 Å². The number of likely N-dealkylation sites (tertiary alicyclic amines) is 1. The van der Waals surface area contributed by atoms with Crippen molar-refractivity contribution in [2.75, 3.05) is 31.6 Å². The third-order valence-corrected chi connectivity index (χ3v) is 5.97. The summed E-state index contributed by atoms with van der Waals surface area (Å²) in [5, 5.41) is 17.8. The Morgan fingerprint density at radius 3 is 2.76 bits per heavy atom. The molecule has 0 amide bonds. The molecular weight excluding hydrogens is 374 g/mol. The van der Waals surface area contributed by atoms with E-state index in [2.05, 4.69) is 32.0 Å². The molecule has 0 N–H and O–H groups in total. The predicted octanol–water partition coefficient (Wildman–Crippen LogP) is 3.50. The summed E-state index contributed by atoms with van der Waals surface area (Å²) in [5.41, 5.74) is 2.25. The minimum atomic E-state index is -2.74. The number of alkyl halides is 2. The Hall–Kier alpha value is -2.66. The first-order valence-corrected chi connectivity index (χ1v) is 9.99. The Morgan fingerprint density at radius 2 is 2.03 bits per heavy atom. The number of aromatic nitrogens is 3. The van der Waals surface area contributed by atoms with Crippen molar-refractivity contribution in [3.05, 3.63) is 34.5 Å². The molecule has 4 rings (SSSR count). The van der Waals surface area contributed by atoms with Crippen LogP contribution in [-0.2, 0) is 6.42 Å². The summed E-state index contributed by atoms with van der Waals surface area (Å²) < 4.78 is 27.3. The van der Waals surface area contributed by atoms with Crippen molar-refractivity contribution < 1.29 is 8.78 Å². The first-order valence-electron chi connectivity index (χ1n) is 9.99. The lowest BCUT2D eigenvalue weighted by molar-refractivity contribution is 0.151. The number of nitriles is 1. The number of anilines is 1. The average molecular weight is 398 g/mol. The van der Waals surface area contributed by atoms with Crippen molar-refractivity contribution in [1.82, 2.24) is 20.1 Å².